The molecule has 1 aromatic carbocycles. The Morgan fingerprint density at radius 1 is 1.06 bits per heavy atom. The van der Waals surface area contributed by atoms with Gasteiger partial charge in [-0.15, -0.1) is 12.4 Å². The van der Waals surface area contributed by atoms with Gasteiger partial charge in [0, 0.05) is 5.69 Å². The number of nitrogen functional groups attached to an aromatic ring is 1. The smallest absolute Gasteiger partial charge is 0.0379 e. The molecule has 0 atom stereocenters. The van der Waals surface area contributed by atoms with Crippen molar-refractivity contribution in [2.24, 2.45) is 0 Å². The highest BCUT2D eigenvalue weighted by Gasteiger charge is 2.18. The minimum atomic E-state index is 0. The van der Waals surface area contributed by atoms with Gasteiger partial charge in [-0.25, -0.2) is 0 Å². The molecule has 2 heteroatoms. The maximum Gasteiger partial charge on any atom is 0.0379 e. The average Bonchev–Trinajstić information content (AvgIpc) is 2.24. The van der Waals surface area contributed by atoms with E-state index in [-0.39, 0.29) is 12.4 Å². The number of rotatable bonds is 1. The second-order valence-electron chi connectivity index (χ2n) is 4.92. The van der Waals surface area contributed by atoms with Crippen LogP contribution in [0.15, 0.2) is 12.1 Å². The molecule has 2 N–H and O–H groups in total. The Labute approximate surface area is 105 Å². The van der Waals surface area contributed by atoms with Crippen LogP contribution in [0, 0.1) is 13.8 Å². The van der Waals surface area contributed by atoms with Gasteiger partial charge >= 0.3 is 0 Å². The van der Waals surface area contributed by atoms with Crippen LogP contribution in [0.1, 0.15) is 54.7 Å². The predicted octanol–water partition coefficient (Wildman–Crippen LogP) is 4.36. The topological polar surface area (TPSA) is 26.0 Å². The molecule has 0 unspecified atom stereocenters. The molecule has 1 fully saturated rings. The first-order valence-electron chi connectivity index (χ1n) is 6.05. The van der Waals surface area contributed by atoms with E-state index in [1.54, 1.807) is 0 Å². The van der Waals surface area contributed by atoms with Crippen molar-refractivity contribution in [2.45, 2.75) is 51.9 Å². The Bertz CT molecular complexity index is 354. The third-order valence-corrected chi connectivity index (χ3v) is 3.61. The van der Waals surface area contributed by atoms with E-state index in [0.29, 0.717) is 0 Å². The van der Waals surface area contributed by atoms with Gasteiger partial charge in [0.25, 0.3) is 0 Å². The Kier molecular flexibility index (Phi) is 4.67. The Morgan fingerprint density at radius 2 is 1.69 bits per heavy atom. The van der Waals surface area contributed by atoms with Crippen LogP contribution in [0.25, 0.3) is 0 Å². The predicted molar refractivity (Wildman–Crippen MR) is 73.4 cm³/mol. The Hall–Kier alpha value is -0.690. The van der Waals surface area contributed by atoms with E-state index >= 15 is 0 Å². The first-order chi connectivity index (χ1) is 7.18. The van der Waals surface area contributed by atoms with Crippen molar-refractivity contribution in [1.82, 2.24) is 0 Å². The van der Waals surface area contributed by atoms with E-state index in [9.17, 15) is 0 Å². The lowest BCUT2D eigenvalue weighted by atomic mass is 9.82. The lowest BCUT2D eigenvalue weighted by Gasteiger charge is -2.24. The van der Waals surface area contributed by atoms with Crippen LogP contribution in [0.2, 0.25) is 0 Å². The molecule has 0 heterocycles. The number of benzene rings is 1. The number of halogens is 1. The zero-order valence-corrected chi connectivity index (χ0v) is 11.1. The average molecular weight is 240 g/mol. The molecule has 1 aliphatic rings. The van der Waals surface area contributed by atoms with Crippen molar-refractivity contribution in [1.29, 1.82) is 0 Å². The zero-order valence-electron chi connectivity index (χ0n) is 10.3. The molecular weight excluding hydrogens is 218 g/mol. The Balaban J connectivity index is 0.00000128. The quantitative estimate of drug-likeness (QED) is 0.725. The van der Waals surface area contributed by atoms with E-state index in [0.717, 1.165) is 11.6 Å². The monoisotopic (exact) mass is 239 g/mol. The molecule has 0 bridgehead atoms. The molecule has 0 amide bonds. The van der Waals surface area contributed by atoms with E-state index in [2.05, 4.69) is 26.0 Å². The van der Waals surface area contributed by atoms with Crippen molar-refractivity contribution in [3.05, 3.63) is 28.8 Å². The van der Waals surface area contributed by atoms with Gasteiger partial charge in [-0.2, -0.15) is 0 Å². The third kappa shape index (κ3) is 2.70. The number of anilines is 1. The van der Waals surface area contributed by atoms with Crippen molar-refractivity contribution < 1.29 is 0 Å². The molecule has 0 saturated heterocycles. The highest BCUT2D eigenvalue weighted by atomic mass is 35.5. The summed E-state index contributed by atoms with van der Waals surface area (Å²) in [6, 6.07) is 4.47. The van der Waals surface area contributed by atoms with Crippen molar-refractivity contribution in [2.75, 3.05) is 5.73 Å². The first kappa shape index (κ1) is 13.4. The van der Waals surface area contributed by atoms with Crippen LogP contribution >= 0.6 is 12.4 Å². The fourth-order valence-corrected chi connectivity index (χ4v) is 2.76. The molecule has 90 valence electrons. The van der Waals surface area contributed by atoms with Crippen LogP contribution in [0.5, 0.6) is 0 Å². The third-order valence-electron chi connectivity index (χ3n) is 3.61. The van der Waals surface area contributed by atoms with Crippen LogP contribution < -0.4 is 5.73 Å². The second-order valence-corrected chi connectivity index (χ2v) is 4.92. The summed E-state index contributed by atoms with van der Waals surface area (Å²) >= 11 is 0. The van der Waals surface area contributed by atoms with E-state index in [1.165, 1.54) is 48.8 Å². The molecule has 2 rings (SSSR count). The van der Waals surface area contributed by atoms with Crippen molar-refractivity contribution in [3.63, 3.8) is 0 Å². The van der Waals surface area contributed by atoms with E-state index < -0.39 is 0 Å². The second kappa shape index (κ2) is 5.58. The molecule has 1 aliphatic carbocycles. The summed E-state index contributed by atoms with van der Waals surface area (Å²) in [5, 5.41) is 0. The van der Waals surface area contributed by atoms with E-state index in [4.69, 9.17) is 5.73 Å². The molecule has 0 aromatic heterocycles. The maximum absolute atomic E-state index is 6.18. The van der Waals surface area contributed by atoms with Gasteiger partial charge in [0.15, 0.2) is 0 Å². The fourth-order valence-electron chi connectivity index (χ4n) is 2.76. The lowest BCUT2D eigenvalue weighted by molar-refractivity contribution is 0.444. The van der Waals surface area contributed by atoms with Gasteiger partial charge in [0.05, 0.1) is 0 Å². The molecular formula is C14H22ClN. The zero-order chi connectivity index (χ0) is 10.8. The summed E-state index contributed by atoms with van der Waals surface area (Å²) in [6.45, 7) is 4.29. The molecule has 1 saturated carbocycles. The summed E-state index contributed by atoms with van der Waals surface area (Å²) in [5.41, 5.74) is 11.2. The fraction of sp³-hybridized carbons (Fsp3) is 0.571. The van der Waals surface area contributed by atoms with Gasteiger partial charge < -0.3 is 5.73 Å². The lowest BCUT2D eigenvalue weighted by Crippen LogP contribution is -2.08. The standard InChI is InChI=1S/C14H21N.ClH/c1-10-8-11(2)14(15)13(9-10)12-6-4-3-5-7-12;/h8-9,12H,3-7,15H2,1-2H3;1H. The van der Waals surface area contributed by atoms with Gasteiger partial charge in [-0.1, -0.05) is 37.0 Å². The maximum atomic E-state index is 6.18. The number of hydrogen-bond donors (Lipinski definition) is 1. The van der Waals surface area contributed by atoms with Crippen molar-refractivity contribution in [3.8, 4) is 0 Å². The molecule has 0 aliphatic heterocycles. The highest BCUT2D eigenvalue weighted by Crippen LogP contribution is 2.36. The molecule has 1 aromatic rings. The highest BCUT2D eigenvalue weighted by molar-refractivity contribution is 5.85. The summed E-state index contributed by atoms with van der Waals surface area (Å²) in [7, 11) is 0. The van der Waals surface area contributed by atoms with Crippen LogP contribution in [0.3, 0.4) is 0 Å². The molecule has 16 heavy (non-hydrogen) atoms. The van der Waals surface area contributed by atoms with Crippen LogP contribution in [-0.2, 0) is 0 Å². The minimum absolute atomic E-state index is 0. The summed E-state index contributed by atoms with van der Waals surface area (Å²) in [6.07, 6.45) is 6.80. The van der Waals surface area contributed by atoms with Gasteiger partial charge in [-0.3, -0.25) is 0 Å². The van der Waals surface area contributed by atoms with E-state index in [1.807, 2.05) is 0 Å². The molecule has 0 spiro atoms. The van der Waals surface area contributed by atoms with Gasteiger partial charge in [0.1, 0.15) is 0 Å². The van der Waals surface area contributed by atoms with Crippen LogP contribution in [-0.4, -0.2) is 0 Å². The largest absolute Gasteiger partial charge is 0.398 e. The van der Waals surface area contributed by atoms with Gasteiger partial charge in [0.2, 0.25) is 0 Å². The van der Waals surface area contributed by atoms with Crippen LogP contribution in [0.4, 0.5) is 5.69 Å². The summed E-state index contributed by atoms with van der Waals surface area (Å²) < 4.78 is 0. The minimum Gasteiger partial charge on any atom is -0.398 e. The first-order valence-corrected chi connectivity index (χ1v) is 6.05. The van der Waals surface area contributed by atoms with Crippen molar-refractivity contribution >= 4 is 18.1 Å². The normalized spacial score (nSPS) is 16.9. The van der Waals surface area contributed by atoms with Gasteiger partial charge in [-0.05, 0) is 43.7 Å². The molecule has 0 radical (unpaired) electrons. The number of nitrogens with two attached hydrogens (primary N) is 1. The molecule has 1 nitrogen and oxygen atoms in total. The SMILES string of the molecule is Cc1cc(C)c(N)c(C2CCCCC2)c1.Cl. The number of aryl methyl sites for hydroxylation is 2. The Morgan fingerprint density at radius 3 is 2.31 bits per heavy atom. The summed E-state index contributed by atoms with van der Waals surface area (Å²) in [4.78, 5) is 0. The summed E-state index contributed by atoms with van der Waals surface area (Å²) in [5.74, 6) is 0.720. The number of hydrogen-bond acceptors (Lipinski definition) is 1.